The van der Waals surface area contributed by atoms with Crippen molar-refractivity contribution in [3.05, 3.63) is 71.3 Å². The molecule has 0 fully saturated rings. The molecule has 0 atom stereocenters. The maximum atomic E-state index is 11.6. The van der Waals surface area contributed by atoms with Crippen molar-refractivity contribution < 1.29 is 19.1 Å². The Morgan fingerprint density at radius 3 is 2.40 bits per heavy atom. The van der Waals surface area contributed by atoms with Gasteiger partial charge in [0.05, 0.1) is 18.7 Å². The molecular formula is C20H19NO4. The first-order valence-electron chi connectivity index (χ1n) is 7.89. The molecule has 0 spiro atoms. The number of hydrogen-bond acceptors (Lipinski definition) is 4. The minimum atomic E-state index is -0.518. The lowest BCUT2D eigenvalue weighted by Crippen LogP contribution is -2.24. The minimum absolute atomic E-state index is 0.174. The van der Waals surface area contributed by atoms with Gasteiger partial charge in [0.25, 0.3) is 0 Å². The summed E-state index contributed by atoms with van der Waals surface area (Å²) >= 11 is 0. The van der Waals surface area contributed by atoms with E-state index in [2.05, 4.69) is 17.2 Å². The van der Waals surface area contributed by atoms with Gasteiger partial charge in [0.1, 0.15) is 6.61 Å². The standard InChI is InChI=1S/C20H19NO4/c1-2-24-19(22)18-12-10-16(11-13-18)9-6-14-21-20(23)25-15-17-7-4-3-5-8-17/h3-5,7-8,10-13H,2,14-15H2,1H3,(H,21,23). The van der Waals surface area contributed by atoms with Crippen LogP contribution in [0.2, 0.25) is 0 Å². The summed E-state index contributed by atoms with van der Waals surface area (Å²) in [6, 6.07) is 16.2. The Morgan fingerprint density at radius 2 is 1.72 bits per heavy atom. The third-order valence-corrected chi connectivity index (χ3v) is 3.16. The molecule has 2 rings (SSSR count). The van der Waals surface area contributed by atoms with Gasteiger partial charge in [0, 0.05) is 5.56 Å². The number of carbonyl (C=O) groups excluding carboxylic acids is 2. The Balaban J connectivity index is 1.74. The van der Waals surface area contributed by atoms with Crippen molar-refractivity contribution in [2.75, 3.05) is 13.2 Å². The quantitative estimate of drug-likeness (QED) is 0.672. The first-order valence-corrected chi connectivity index (χ1v) is 7.89. The number of benzene rings is 2. The lowest BCUT2D eigenvalue weighted by molar-refractivity contribution is 0.0526. The van der Waals surface area contributed by atoms with Gasteiger partial charge in [0.2, 0.25) is 0 Å². The second kappa shape index (κ2) is 9.78. The SMILES string of the molecule is CCOC(=O)c1ccc(C#CCNC(=O)OCc2ccccc2)cc1. The van der Waals surface area contributed by atoms with E-state index in [1.54, 1.807) is 31.2 Å². The van der Waals surface area contributed by atoms with Crippen molar-refractivity contribution in [1.29, 1.82) is 0 Å². The van der Waals surface area contributed by atoms with E-state index in [1.165, 1.54) is 0 Å². The van der Waals surface area contributed by atoms with E-state index in [9.17, 15) is 9.59 Å². The molecule has 0 saturated heterocycles. The van der Waals surface area contributed by atoms with Gasteiger partial charge < -0.3 is 14.8 Å². The minimum Gasteiger partial charge on any atom is -0.462 e. The van der Waals surface area contributed by atoms with E-state index in [0.29, 0.717) is 12.2 Å². The third-order valence-electron chi connectivity index (χ3n) is 3.16. The van der Waals surface area contributed by atoms with Gasteiger partial charge in [-0.1, -0.05) is 42.2 Å². The van der Waals surface area contributed by atoms with Gasteiger partial charge in [-0.05, 0) is 36.8 Å². The van der Waals surface area contributed by atoms with Crippen LogP contribution < -0.4 is 5.32 Å². The van der Waals surface area contributed by atoms with Crippen LogP contribution in [0, 0.1) is 11.8 Å². The Kier molecular flexibility index (Phi) is 7.08. The van der Waals surface area contributed by atoms with Crippen LogP contribution in [0.1, 0.15) is 28.4 Å². The highest BCUT2D eigenvalue weighted by Crippen LogP contribution is 2.05. The molecule has 5 nitrogen and oxygen atoms in total. The predicted molar refractivity (Wildman–Crippen MR) is 93.9 cm³/mol. The van der Waals surface area contributed by atoms with Gasteiger partial charge in [-0.3, -0.25) is 0 Å². The number of hydrogen-bond donors (Lipinski definition) is 1. The van der Waals surface area contributed by atoms with E-state index in [0.717, 1.165) is 11.1 Å². The Bertz CT molecular complexity index is 758. The van der Waals surface area contributed by atoms with E-state index >= 15 is 0 Å². The van der Waals surface area contributed by atoms with Crippen LogP contribution in [0.4, 0.5) is 4.79 Å². The van der Waals surface area contributed by atoms with Crippen molar-refractivity contribution >= 4 is 12.1 Å². The summed E-state index contributed by atoms with van der Waals surface area (Å²) in [6.45, 7) is 2.49. The highest BCUT2D eigenvalue weighted by atomic mass is 16.5. The van der Waals surface area contributed by atoms with E-state index in [1.807, 2.05) is 30.3 Å². The molecule has 0 aliphatic rings. The average Bonchev–Trinajstić information content (AvgIpc) is 2.65. The van der Waals surface area contributed by atoms with Crippen molar-refractivity contribution in [3.63, 3.8) is 0 Å². The maximum absolute atomic E-state index is 11.6. The first-order chi connectivity index (χ1) is 12.2. The molecule has 0 unspecified atom stereocenters. The lowest BCUT2D eigenvalue weighted by Gasteiger charge is -2.04. The summed E-state index contributed by atoms with van der Waals surface area (Å²) in [5.74, 6) is 5.37. The van der Waals surface area contributed by atoms with E-state index in [4.69, 9.17) is 9.47 Å². The highest BCUT2D eigenvalue weighted by molar-refractivity contribution is 5.89. The van der Waals surface area contributed by atoms with Crippen LogP contribution in [0.15, 0.2) is 54.6 Å². The second-order valence-electron chi connectivity index (χ2n) is 5.01. The van der Waals surface area contributed by atoms with Crippen molar-refractivity contribution in [2.45, 2.75) is 13.5 Å². The van der Waals surface area contributed by atoms with Gasteiger partial charge in [0.15, 0.2) is 0 Å². The van der Waals surface area contributed by atoms with Crippen molar-refractivity contribution in [1.82, 2.24) is 5.32 Å². The molecule has 2 aromatic carbocycles. The molecule has 128 valence electrons. The average molecular weight is 337 g/mol. The molecule has 5 heteroatoms. The van der Waals surface area contributed by atoms with Gasteiger partial charge >= 0.3 is 12.1 Å². The lowest BCUT2D eigenvalue weighted by atomic mass is 10.1. The zero-order valence-corrected chi connectivity index (χ0v) is 14.0. The molecular weight excluding hydrogens is 318 g/mol. The summed E-state index contributed by atoms with van der Waals surface area (Å²) in [6.07, 6.45) is -0.518. The molecule has 0 aliphatic carbocycles. The van der Waals surface area contributed by atoms with Gasteiger partial charge in [-0.25, -0.2) is 9.59 Å². The van der Waals surface area contributed by atoms with Gasteiger partial charge in [-0.15, -0.1) is 0 Å². The topological polar surface area (TPSA) is 64.6 Å². The smallest absolute Gasteiger partial charge is 0.408 e. The molecule has 1 amide bonds. The number of amides is 1. The monoisotopic (exact) mass is 337 g/mol. The fourth-order valence-corrected chi connectivity index (χ4v) is 1.94. The zero-order valence-electron chi connectivity index (χ0n) is 14.0. The molecule has 0 heterocycles. The number of ether oxygens (including phenoxy) is 2. The Labute approximate surface area is 147 Å². The number of carbonyl (C=O) groups is 2. The summed E-state index contributed by atoms with van der Waals surface area (Å²) in [5.41, 5.74) is 2.15. The highest BCUT2D eigenvalue weighted by Gasteiger charge is 2.04. The van der Waals surface area contributed by atoms with Crippen LogP contribution in [0.5, 0.6) is 0 Å². The number of rotatable bonds is 5. The molecule has 0 bridgehead atoms. The van der Waals surface area contributed by atoms with Crippen LogP contribution in [0.25, 0.3) is 0 Å². The number of esters is 1. The molecule has 0 aliphatic heterocycles. The third kappa shape index (κ3) is 6.40. The molecule has 0 radical (unpaired) electrons. The van der Waals surface area contributed by atoms with Crippen molar-refractivity contribution in [3.8, 4) is 11.8 Å². The van der Waals surface area contributed by atoms with Crippen LogP contribution >= 0.6 is 0 Å². The first kappa shape index (κ1) is 18.1. The van der Waals surface area contributed by atoms with Gasteiger partial charge in [-0.2, -0.15) is 0 Å². The molecule has 0 aromatic heterocycles. The maximum Gasteiger partial charge on any atom is 0.408 e. The second-order valence-corrected chi connectivity index (χ2v) is 5.01. The molecule has 2 aromatic rings. The fourth-order valence-electron chi connectivity index (χ4n) is 1.94. The summed E-state index contributed by atoms with van der Waals surface area (Å²) in [4.78, 5) is 23.1. The predicted octanol–water partition coefficient (Wildman–Crippen LogP) is 3.14. The van der Waals surface area contributed by atoms with Crippen molar-refractivity contribution in [2.24, 2.45) is 0 Å². The Hall–Kier alpha value is -3.26. The molecule has 0 saturated carbocycles. The summed E-state index contributed by atoms with van der Waals surface area (Å²) in [5, 5.41) is 2.56. The summed E-state index contributed by atoms with van der Waals surface area (Å²) < 4.78 is 9.99. The normalized spacial score (nSPS) is 9.48. The Morgan fingerprint density at radius 1 is 1.00 bits per heavy atom. The van der Waals surface area contributed by atoms with E-state index < -0.39 is 6.09 Å². The summed E-state index contributed by atoms with van der Waals surface area (Å²) in [7, 11) is 0. The van der Waals surface area contributed by atoms with E-state index in [-0.39, 0.29) is 19.1 Å². The largest absolute Gasteiger partial charge is 0.462 e. The number of alkyl carbamates (subject to hydrolysis) is 1. The van der Waals surface area contributed by atoms with Crippen LogP contribution in [-0.4, -0.2) is 25.2 Å². The fraction of sp³-hybridized carbons (Fsp3) is 0.200. The number of nitrogens with one attached hydrogen (secondary N) is 1. The molecule has 1 N–H and O–H groups in total. The van der Waals surface area contributed by atoms with Crippen LogP contribution in [0.3, 0.4) is 0 Å². The van der Waals surface area contributed by atoms with Crippen LogP contribution in [-0.2, 0) is 16.1 Å². The zero-order chi connectivity index (χ0) is 17.9. The molecule has 25 heavy (non-hydrogen) atoms.